The standard InChI is InChI=1S/C8H12ClNO.C4H6N2O3/c1-3-5-10(6-4-2)8(11)7-9;5-6-3(7)1-2-4(8)9/h3-4H,1-2,5-7H2;1-2H,5H2,(H,6,7)(H,8,9). The van der Waals surface area contributed by atoms with Crippen LogP contribution in [0, 0.1) is 0 Å². The number of hydrogen-bond acceptors (Lipinski definition) is 4. The highest BCUT2D eigenvalue weighted by atomic mass is 35.5. The van der Waals surface area contributed by atoms with Crippen molar-refractivity contribution in [1.82, 2.24) is 10.3 Å². The summed E-state index contributed by atoms with van der Waals surface area (Å²) in [4.78, 5) is 32.4. The Morgan fingerprint density at radius 3 is 2.00 bits per heavy atom. The third-order valence-electron chi connectivity index (χ3n) is 1.69. The van der Waals surface area contributed by atoms with Gasteiger partial charge in [-0.3, -0.25) is 15.0 Å². The van der Waals surface area contributed by atoms with Gasteiger partial charge in [0, 0.05) is 25.2 Å². The molecule has 0 saturated carbocycles. The number of carboxylic acids is 1. The number of amides is 2. The molecule has 0 radical (unpaired) electrons. The first-order valence-electron chi connectivity index (χ1n) is 5.40. The molecule has 112 valence electrons. The highest BCUT2D eigenvalue weighted by Crippen LogP contribution is 1.92. The van der Waals surface area contributed by atoms with Gasteiger partial charge in [0.2, 0.25) is 5.91 Å². The van der Waals surface area contributed by atoms with E-state index in [2.05, 4.69) is 19.0 Å². The fourth-order valence-corrected chi connectivity index (χ4v) is 1.04. The Bertz CT molecular complexity index is 373. The molecule has 0 saturated heterocycles. The highest BCUT2D eigenvalue weighted by Gasteiger charge is 2.07. The highest BCUT2D eigenvalue weighted by molar-refractivity contribution is 6.27. The first-order valence-corrected chi connectivity index (χ1v) is 5.93. The number of rotatable bonds is 7. The normalized spacial score (nSPS) is 9.10. The van der Waals surface area contributed by atoms with Crippen molar-refractivity contribution in [2.75, 3.05) is 19.0 Å². The molecule has 4 N–H and O–H groups in total. The molecule has 0 bridgehead atoms. The third-order valence-corrected chi connectivity index (χ3v) is 1.91. The van der Waals surface area contributed by atoms with Crippen LogP contribution in [0.4, 0.5) is 0 Å². The quantitative estimate of drug-likeness (QED) is 0.153. The van der Waals surface area contributed by atoms with Crippen molar-refractivity contribution in [3.63, 3.8) is 0 Å². The summed E-state index contributed by atoms with van der Waals surface area (Å²) in [7, 11) is 0. The number of carbonyl (C=O) groups excluding carboxylic acids is 2. The van der Waals surface area contributed by atoms with Gasteiger partial charge in [-0.1, -0.05) is 12.2 Å². The maximum absolute atomic E-state index is 11.0. The summed E-state index contributed by atoms with van der Waals surface area (Å²) in [6, 6.07) is 0. The van der Waals surface area contributed by atoms with Crippen molar-refractivity contribution < 1.29 is 19.5 Å². The van der Waals surface area contributed by atoms with Crippen LogP contribution in [-0.2, 0) is 14.4 Å². The van der Waals surface area contributed by atoms with Gasteiger partial charge < -0.3 is 10.0 Å². The molecule has 0 aliphatic rings. The molecule has 7 nitrogen and oxygen atoms in total. The summed E-state index contributed by atoms with van der Waals surface area (Å²) in [6.07, 6.45) is 4.84. The molecule has 0 fully saturated rings. The largest absolute Gasteiger partial charge is 0.478 e. The Balaban J connectivity index is 0. The molecule has 20 heavy (non-hydrogen) atoms. The maximum Gasteiger partial charge on any atom is 0.328 e. The van der Waals surface area contributed by atoms with E-state index in [4.69, 9.17) is 16.7 Å². The molecular weight excluding hydrogens is 286 g/mol. The van der Waals surface area contributed by atoms with Crippen LogP contribution < -0.4 is 11.3 Å². The number of carboxylic acid groups (broad SMARTS) is 1. The van der Waals surface area contributed by atoms with Crippen LogP contribution in [-0.4, -0.2) is 46.8 Å². The van der Waals surface area contributed by atoms with Crippen LogP contribution in [0.5, 0.6) is 0 Å². The van der Waals surface area contributed by atoms with Crippen molar-refractivity contribution in [3.05, 3.63) is 37.5 Å². The average molecular weight is 304 g/mol. The van der Waals surface area contributed by atoms with E-state index < -0.39 is 11.9 Å². The van der Waals surface area contributed by atoms with Crippen LogP contribution in [0.1, 0.15) is 0 Å². The van der Waals surface area contributed by atoms with Crippen molar-refractivity contribution in [2.24, 2.45) is 5.84 Å². The lowest BCUT2D eigenvalue weighted by atomic mass is 10.4. The molecule has 2 amide bonds. The number of hydrazine groups is 1. The fourth-order valence-electron chi connectivity index (χ4n) is 0.869. The number of nitrogens with one attached hydrogen (secondary N) is 1. The minimum atomic E-state index is -1.18. The van der Waals surface area contributed by atoms with E-state index in [1.54, 1.807) is 22.5 Å². The van der Waals surface area contributed by atoms with Gasteiger partial charge in [0.1, 0.15) is 5.88 Å². The zero-order valence-electron chi connectivity index (χ0n) is 10.9. The molecule has 0 aromatic heterocycles. The third kappa shape index (κ3) is 12.3. The smallest absolute Gasteiger partial charge is 0.328 e. The number of hydrogen-bond donors (Lipinski definition) is 3. The second-order valence-electron chi connectivity index (χ2n) is 3.19. The first kappa shape index (κ1) is 20.2. The molecule has 0 aliphatic carbocycles. The Morgan fingerprint density at radius 2 is 1.70 bits per heavy atom. The fraction of sp³-hybridized carbons (Fsp3) is 0.250. The Morgan fingerprint density at radius 1 is 1.20 bits per heavy atom. The molecule has 0 unspecified atom stereocenters. The average Bonchev–Trinajstić information content (AvgIpc) is 2.44. The summed E-state index contributed by atoms with van der Waals surface area (Å²) in [5, 5.41) is 7.95. The van der Waals surface area contributed by atoms with E-state index in [-0.39, 0.29) is 11.8 Å². The number of nitrogens with two attached hydrogens (primary N) is 1. The van der Waals surface area contributed by atoms with E-state index in [1.807, 2.05) is 0 Å². The second-order valence-corrected chi connectivity index (χ2v) is 3.46. The second kappa shape index (κ2) is 13.3. The molecule has 0 spiro atoms. The SMILES string of the molecule is C=CCN(CC=C)C(=O)CCl.NNC(=O)C=CC(=O)O. The van der Waals surface area contributed by atoms with E-state index in [0.29, 0.717) is 19.2 Å². The number of aliphatic carboxylic acids is 1. The van der Waals surface area contributed by atoms with E-state index >= 15 is 0 Å². The lowest BCUT2D eigenvalue weighted by molar-refractivity contribution is -0.131. The van der Waals surface area contributed by atoms with Crippen molar-refractivity contribution >= 4 is 29.4 Å². The Hall–Kier alpha value is -2.12. The minimum absolute atomic E-state index is 0.0156. The molecule has 0 aromatic carbocycles. The predicted octanol–water partition coefficient (Wildman–Crippen LogP) is 0.0429. The van der Waals surface area contributed by atoms with Gasteiger partial charge in [-0.15, -0.1) is 24.8 Å². The van der Waals surface area contributed by atoms with E-state index in [1.165, 1.54) is 0 Å². The Labute approximate surface area is 122 Å². The minimum Gasteiger partial charge on any atom is -0.478 e. The molecule has 0 atom stereocenters. The van der Waals surface area contributed by atoms with Gasteiger partial charge in [-0.25, -0.2) is 10.6 Å². The first-order chi connectivity index (χ1) is 9.42. The van der Waals surface area contributed by atoms with Crippen molar-refractivity contribution in [3.8, 4) is 0 Å². The van der Waals surface area contributed by atoms with E-state index in [0.717, 1.165) is 6.08 Å². The zero-order chi connectivity index (χ0) is 16.0. The maximum atomic E-state index is 11.0. The van der Waals surface area contributed by atoms with Gasteiger partial charge >= 0.3 is 5.97 Å². The molecule has 0 heterocycles. The molecule has 8 heteroatoms. The Kier molecular flexibility index (Phi) is 13.4. The van der Waals surface area contributed by atoms with Gasteiger partial charge in [0.05, 0.1) is 0 Å². The van der Waals surface area contributed by atoms with E-state index in [9.17, 15) is 14.4 Å². The monoisotopic (exact) mass is 303 g/mol. The van der Waals surface area contributed by atoms with Gasteiger partial charge in [0.15, 0.2) is 0 Å². The van der Waals surface area contributed by atoms with Crippen LogP contribution in [0.25, 0.3) is 0 Å². The van der Waals surface area contributed by atoms with Gasteiger partial charge in [-0.05, 0) is 0 Å². The summed E-state index contributed by atoms with van der Waals surface area (Å²) < 4.78 is 0. The van der Waals surface area contributed by atoms with Crippen molar-refractivity contribution in [2.45, 2.75) is 0 Å². The summed E-state index contributed by atoms with van der Waals surface area (Å²) in [6.45, 7) is 8.11. The molecular formula is C12H18ClN3O4. The molecule has 0 aromatic rings. The summed E-state index contributed by atoms with van der Waals surface area (Å²) in [5.41, 5.74) is 1.73. The topological polar surface area (TPSA) is 113 Å². The lowest BCUT2D eigenvalue weighted by Gasteiger charge is -2.17. The summed E-state index contributed by atoms with van der Waals surface area (Å²) in [5.74, 6) is 2.72. The van der Waals surface area contributed by atoms with Crippen molar-refractivity contribution in [1.29, 1.82) is 0 Å². The zero-order valence-corrected chi connectivity index (χ0v) is 11.7. The van der Waals surface area contributed by atoms with Crippen LogP contribution >= 0.6 is 11.6 Å². The number of halogens is 1. The lowest BCUT2D eigenvalue weighted by Crippen LogP contribution is -2.32. The number of carbonyl (C=O) groups is 3. The predicted molar refractivity (Wildman–Crippen MR) is 76.8 cm³/mol. The molecule has 0 rings (SSSR count). The van der Waals surface area contributed by atoms with Crippen LogP contribution in [0.2, 0.25) is 0 Å². The molecule has 0 aliphatic heterocycles. The van der Waals surface area contributed by atoms with Crippen LogP contribution in [0.3, 0.4) is 0 Å². The number of alkyl halides is 1. The van der Waals surface area contributed by atoms with Crippen LogP contribution in [0.15, 0.2) is 37.5 Å². The van der Waals surface area contributed by atoms with Gasteiger partial charge in [0.25, 0.3) is 5.91 Å². The summed E-state index contributed by atoms with van der Waals surface area (Å²) >= 11 is 5.36. The van der Waals surface area contributed by atoms with Gasteiger partial charge in [-0.2, -0.15) is 0 Å². The number of nitrogens with zero attached hydrogens (tertiary/aromatic N) is 1.